The van der Waals surface area contributed by atoms with Crippen molar-refractivity contribution in [1.29, 1.82) is 0 Å². The molecule has 0 aliphatic carbocycles. The van der Waals surface area contributed by atoms with Gasteiger partial charge < -0.3 is 9.84 Å². The van der Waals surface area contributed by atoms with Gasteiger partial charge in [-0.15, -0.1) is 0 Å². The Hall–Kier alpha value is -2.04. The first-order valence-corrected chi connectivity index (χ1v) is 5.32. The molecule has 0 saturated carbocycles. The summed E-state index contributed by atoms with van der Waals surface area (Å²) in [5.41, 5.74) is 1.63. The second kappa shape index (κ2) is 4.45. The molecule has 0 aromatic heterocycles. The summed E-state index contributed by atoms with van der Waals surface area (Å²) >= 11 is 0. The number of rotatable bonds is 3. The second-order valence-electron chi connectivity index (χ2n) is 3.96. The quantitative estimate of drug-likeness (QED) is 0.863. The van der Waals surface area contributed by atoms with Gasteiger partial charge in [-0.1, -0.05) is 29.8 Å². The Morgan fingerprint density at radius 3 is 2.53 bits per heavy atom. The van der Waals surface area contributed by atoms with Gasteiger partial charge >= 0.3 is 12.1 Å². The number of carboxylic acid groups (broad SMARTS) is 1. The van der Waals surface area contributed by atoms with Crippen LogP contribution in [0.1, 0.15) is 17.2 Å². The lowest BCUT2D eigenvalue weighted by atomic mass is 10.0. The molecule has 1 aromatic carbocycles. The molecule has 1 aromatic rings. The SMILES string of the molecule is Cc1ccc(C(C(=O)O)N2CCOC2=O)cc1. The third-order valence-electron chi connectivity index (χ3n) is 2.73. The van der Waals surface area contributed by atoms with Crippen LogP contribution in [0.15, 0.2) is 24.3 Å². The Kier molecular flexibility index (Phi) is 2.99. The van der Waals surface area contributed by atoms with Crippen LogP contribution < -0.4 is 0 Å². The topological polar surface area (TPSA) is 66.8 Å². The molecular weight excluding hydrogens is 222 g/mol. The molecule has 1 amide bonds. The van der Waals surface area contributed by atoms with E-state index in [9.17, 15) is 14.7 Å². The minimum absolute atomic E-state index is 0.245. The van der Waals surface area contributed by atoms with Crippen LogP contribution in [0.4, 0.5) is 4.79 Å². The van der Waals surface area contributed by atoms with Crippen LogP contribution in [0.25, 0.3) is 0 Å². The van der Waals surface area contributed by atoms with E-state index in [1.54, 1.807) is 12.1 Å². The van der Waals surface area contributed by atoms with Gasteiger partial charge in [-0.25, -0.2) is 9.59 Å². The molecule has 0 radical (unpaired) electrons. The van der Waals surface area contributed by atoms with Crippen molar-refractivity contribution in [2.75, 3.05) is 13.2 Å². The average molecular weight is 235 g/mol. The van der Waals surface area contributed by atoms with Crippen molar-refractivity contribution in [3.8, 4) is 0 Å². The first-order valence-electron chi connectivity index (χ1n) is 5.32. The molecule has 2 rings (SSSR count). The first-order chi connectivity index (χ1) is 8.09. The van der Waals surface area contributed by atoms with E-state index in [-0.39, 0.29) is 6.61 Å². The molecule has 1 saturated heterocycles. The molecule has 1 heterocycles. The largest absolute Gasteiger partial charge is 0.479 e. The lowest BCUT2D eigenvalue weighted by Gasteiger charge is -2.22. The van der Waals surface area contributed by atoms with Crippen molar-refractivity contribution >= 4 is 12.1 Å². The van der Waals surface area contributed by atoms with Gasteiger partial charge in [0.15, 0.2) is 6.04 Å². The predicted molar refractivity (Wildman–Crippen MR) is 59.6 cm³/mol. The summed E-state index contributed by atoms with van der Waals surface area (Å²) in [7, 11) is 0. The Bertz CT molecular complexity index is 440. The van der Waals surface area contributed by atoms with Crippen molar-refractivity contribution in [3.05, 3.63) is 35.4 Å². The van der Waals surface area contributed by atoms with Gasteiger partial charge in [0.25, 0.3) is 0 Å². The van der Waals surface area contributed by atoms with E-state index in [0.717, 1.165) is 5.56 Å². The minimum Gasteiger partial charge on any atom is -0.479 e. The normalized spacial score (nSPS) is 16.8. The summed E-state index contributed by atoms with van der Waals surface area (Å²) in [6, 6.07) is 6.13. The molecule has 1 unspecified atom stereocenters. The molecule has 5 nitrogen and oxygen atoms in total. The minimum atomic E-state index is -1.05. The number of hydrogen-bond donors (Lipinski definition) is 1. The van der Waals surface area contributed by atoms with E-state index in [2.05, 4.69) is 0 Å². The van der Waals surface area contributed by atoms with E-state index >= 15 is 0 Å². The van der Waals surface area contributed by atoms with Crippen molar-refractivity contribution in [2.45, 2.75) is 13.0 Å². The fraction of sp³-hybridized carbons (Fsp3) is 0.333. The van der Waals surface area contributed by atoms with Crippen LogP contribution >= 0.6 is 0 Å². The van der Waals surface area contributed by atoms with E-state index < -0.39 is 18.1 Å². The van der Waals surface area contributed by atoms with Crippen LogP contribution in [0, 0.1) is 6.92 Å². The summed E-state index contributed by atoms with van der Waals surface area (Å²) < 4.78 is 4.77. The highest BCUT2D eigenvalue weighted by Crippen LogP contribution is 2.24. The molecule has 5 heteroatoms. The molecule has 1 fully saturated rings. The van der Waals surface area contributed by atoms with Gasteiger partial charge in [-0.05, 0) is 12.5 Å². The summed E-state index contributed by atoms with van der Waals surface area (Å²) in [5.74, 6) is -1.05. The highest BCUT2D eigenvalue weighted by Gasteiger charge is 2.35. The highest BCUT2D eigenvalue weighted by atomic mass is 16.6. The summed E-state index contributed by atoms with van der Waals surface area (Å²) in [5, 5.41) is 9.22. The van der Waals surface area contributed by atoms with Crippen molar-refractivity contribution in [2.24, 2.45) is 0 Å². The van der Waals surface area contributed by atoms with Gasteiger partial charge in [-0.2, -0.15) is 0 Å². The summed E-state index contributed by atoms with van der Waals surface area (Å²) in [4.78, 5) is 23.9. The van der Waals surface area contributed by atoms with Gasteiger partial charge in [0.05, 0.1) is 6.54 Å². The number of carbonyl (C=O) groups is 2. The van der Waals surface area contributed by atoms with Crippen LogP contribution in [0.3, 0.4) is 0 Å². The predicted octanol–water partition coefficient (Wildman–Crippen LogP) is 1.57. The molecule has 0 spiro atoms. The smallest absolute Gasteiger partial charge is 0.410 e. The summed E-state index contributed by atoms with van der Waals surface area (Å²) in [6.45, 7) is 2.47. The molecule has 17 heavy (non-hydrogen) atoms. The first kappa shape index (κ1) is 11.4. The number of hydrogen-bond acceptors (Lipinski definition) is 3. The number of carboxylic acids is 1. The zero-order valence-electron chi connectivity index (χ0n) is 9.42. The van der Waals surface area contributed by atoms with Crippen LogP contribution in [-0.4, -0.2) is 35.2 Å². The number of aryl methyl sites for hydroxylation is 1. The van der Waals surface area contributed by atoms with E-state index in [0.29, 0.717) is 12.1 Å². The number of amides is 1. The van der Waals surface area contributed by atoms with Crippen molar-refractivity contribution in [1.82, 2.24) is 4.90 Å². The van der Waals surface area contributed by atoms with Crippen molar-refractivity contribution in [3.63, 3.8) is 0 Å². The summed E-state index contributed by atoms with van der Waals surface area (Å²) in [6.07, 6.45) is -0.571. The van der Waals surface area contributed by atoms with E-state index in [4.69, 9.17) is 4.74 Å². The maximum Gasteiger partial charge on any atom is 0.410 e. The Labute approximate surface area is 98.6 Å². The Morgan fingerprint density at radius 2 is 2.06 bits per heavy atom. The number of nitrogens with zero attached hydrogens (tertiary/aromatic N) is 1. The van der Waals surface area contributed by atoms with E-state index in [1.807, 2.05) is 19.1 Å². The van der Waals surface area contributed by atoms with Crippen LogP contribution in [-0.2, 0) is 9.53 Å². The van der Waals surface area contributed by atoms with Gasteiger partial charge in [0.2, 0.25) is 0 Å². The lowest BCUT2D eigenvalue weighted by molar-refractivity contribution is -0.142. The number of benzene rings is 1. The average Bonchev–Trinajstić information content (AvgIpc) is 2.68. The maximum atomic E-state index is 11.4. The Balaban J connectivity index is 2.32. The Morgan fingerprint density at radius 1 is 1.41 bits per heavy atom. The van der Waals surface area contributed by atoms with Crippen LogP contribution in [0.5, 0.6) is 0 Å². The third kappa shape index (κ3) is 2.22. The molecule has 90 valence electrons. The van der Waals surface area contributed by atoms with Gasteiger partial charge in [-0.3, -0.25) is 4.90 Å². The molecule has 1 aliphatic rings. The molecule has 0 bridgehead atoms. The second-order valence-corrected chi connectivity index (χ2v) is 3.96. The molecule has 1 aliphatic heterocycles. The van der Waals surface area contributed by atoms with Crippen LogP contribution in [0.2, 0.25) is 0 Å². The van der Waals surface area contributed by atoms with Gasteiger partial charge in [0, 0.05) is 0 Å². The van der Waals surface area contributed by atoms with Crippen molar-refractivity contribution < 1.29 is 19.4 Å². The molecule has 1 N–H and O–H groups in total. The number of ether oxygens (including phenoxy) is 1. The lowest BCUT2D eigenvalue weighted by Crippen LogP contribution is -2.34. The third-order valence-corrected chi connectivity index (χ3v) is 2.73. The zero-order chi connectivity index (χ0) is 12.4. The number of carbonyl (C=O) groups excluding carboxylic acids is 1. The maximum absolute atomic E-state index is 11.4. The van der Waals surface area contributed by atoms with E-state index in [1.165, 1.54) is 4.90 Å². The molecular formula is C12H13NO4. The van der Waals surface area contributed by atoms with Gasteiger partial charge in [0.1, 0.15) is 6.61 Å². The fourth-order valence-corrected chi connectivity index (χ4v) is 1.84. The fourth-order valence-electron chi connectivity index (χ4n) is 1.84. The standard InChI is InChI=1S/C12H13NO4/c1-8-2-4-9(5-3-8)10(11(14)15)13-6-7-17-12(13)16/h2-5,10H,6-7H2,1H3,(H,14,15). The molecule has 1 atom stereocenters. The zero-order valence-corrected chi connectivity index (χ0v) is 9.42. The highest BCUT2D eigenvalue weighted by molar-refractivity contribution is 5.82. The number of cyclic esters (lactones) is 1. The number of aliphatic carboxylic acids is 1. The monoisotopic (exact) mass is 235 g/mol.